The van der Waals surface area contributed by atoms with E-state index in [9.17, 15) is 23.6 Å². The largest absolute Gasteiger partial charge is 0.292 e. The van der Waals surface area contributed by atoms with Crippen molar-refractivity contribution in [3.63, 3.8) is 0 Å². The summed E-state index contributed by atoms with van der Waals surface area (Å²) in [4.78, 5) is 54.0. The van der Waals surface area contributed by atoms with Gasteiger partial charge in [0.05, 0.1) is 21.9 Å². The number of hydrogen-bond acceptors (Lipinski definition) is 4. The molecule has 2 aromatic rings. The third kappa shape index (κ3) is 3.44. The first-order valence-electron chi connectivity index (χ1n) is 11.4. The van der Waals surface area contributed by atoms with E-state index in [2.05, 4.69) is 0 Å². The SMILES string of the molecule is O=C(CN(C(=O)c1ccc(Cl)c(Cl)c1)N1C(=O)[C@@H]2[C@H]3C=C[C@@H]([C@@H]4C[C@@H]34)[C@H]2C1=O)c1ccc(F)cc1. The topological polar surface area (TPSA) is 74.8 Å². The van der Waals surface area contributed by atoms with Crippen LogP contribution in [0.25, 0.3) is 0 Å². The Morgan fingerprint density at radius 3 is 2.03 bits per heavy atom. The maximum Gasteiger partial charge on any atom is 0.273 e. The first-order chi connectivity index (χ1) is 16.8. The second kappa shape index (κ2) is 8.00. The summed E-state index contributed by atoms with van der Waals surface area (Å²) in [6, 6.07) is 9.05. The normalized spacial score (nSPS) is 29.7. The average molecular weight is 513 g/mol. The van der Waals surface area contributed by atoms with Crippen LogP contribution in [0.15, 0.2) is 54.6 Å². The standard InChI is InChI=1S/C26H19Cl2FN2O4/c27-19-8-3-13(9-20(19)28)24(33)30(11-21(32)12-1-4-14(29)5-2-12)31-25(34)22-15-6-7-16(18-10-17(15)18)23(22)26(31)35/h1-9,15-18,22-23H,10-11H2/t15-,16-,17-,18-,22+,23+/m0/s1. The Labute approximate surface area is 210 Å². The molecule has 3 amide bonds. The molecule has 9 heteroatoms. The molecule has 4 aliphatic carbocycles. The van der Waals surface area contributed by atoms with Crippen molar-refractivity contribution in [1.29, 1.82) is 0 Å². The molecule has 2 saturated carbocycles. The minimum atomic E-state index is -0.732. The van der Waals surface area contributed by atoms with Gasteiger partial charge in [0, 0.05) is 11.1 Å². The molecular formula is C26H19Cl2FN2O4. The van der Waals surface area contributed by atoms with E-state index < -0.39 is 47.7 Å². The molecule has 7 rings (SSSR count). The fraction of sp³-hybridized carbons (Fsp3) is 0.308. The quantitative estimate of drug-likeness (QED) is 0.337. The van der Waals surface area contributed by atoms with Gasteiger partial charge in [-0.25, -0.2) is 9.40 Å². The van der Waals surface area contributed by atoms with Crippen LogP contribution in [0.5, 0.6) is 0 Å². The summed E-state index contributed by atoms with van der Waals surface area (Å²) in [5.74, 6) is -3.08. The van der Waals surface area contributed by atoms with Gasteiger partial charge in [-0.2, -0.15) is 5.01 Å². The molecule has 3 fully saturated rings. The molecule has 5 aliphatic rings. The fourth-order valence-corrected chi connectivity index (χ4v) is 6.35. The second-order valence-corrected chi connectivity index (χ2v) is 10.4. The van der Waals surface area contributed by atoms with Crippen LogP contribution in [0.2, 0.25) is 10.0 Å². The molecule has 0 spiro atoms. The molecule has 2 aromatic carbocycles. The number of Topliss-reactive ketones (excluding diaryl/α,β-unsaturated/α-hetero) is 1. The Morgan fingerprint density at radius 1 is 0.886 bits per heavy atom. The average Bonchev–Trinajstić information content (AvgIpc) is 3.63. The first kappa shape index (κ1) is 22.4. The number of halogens is 3. The van der Waals surface area contributed by atoms with E-state index in [0.717, 1.165) is 28.6 Å². The van der Waals surface area contributed by atoms with Crippen molar-refractivity contribution in [1.82, 2.24) is 10.0 Å². The summed E-state index contributed by atoms with van der Waals surface area (Å²) < 4.78 is 13.4. The number of rotatable bonds is 5. The van der Waals surface area contributed by atoms with E-state index in [0.29, 0.717) is 11.8 Å². The zero-order valence-corrected chi connectivity index (χ0v) is 19.7. The molecule has 6 atom stereocenters. The van der Waals surface area contributed by atoms with Crippen LogP contribution in [0.1, 0.15) is 27.1 Å². The molecule has 1 heterocycles. The summed E-state index contributed by atoms with van der Waals surface area (Å²) in [7, 11) is 0. The molecule has 0 aromatic heterocycles. The van der Waals surface area contributed by atoms with E-state index in [1.54, 1.807) is 0 Å². The zero-order valence-electron chi connectivity index (χ0n) is 18.2. The van der Waals surface area contributed by atoms with Gasteiger partial charge in [0.25, 0.3) is 17.7 Å². The van der Waals surface area contributed by atoms with E-state index >= 15 is 0 Å². The molecule has 178 valence electrons. The second-order valence-electron chi connectivity index (χ2n) is 9.56. The Morgan fingerprint density at radius 2 is 1.46 bits per heavy atom. The van der Waals surface area contributed by atoms with Crippen LogP contribution in [-0.2, 0) is 9.59 Å². The lowest BCUT2D eigenvalue weighted by atomic mass is 9.63. The predicted octanol–water partition coefficient (Wildman–Crippen LogP) is 4.43. The van der Waals surface area contributed by atoms with Crippen molar-refractivity contribution < 1.29 is 23.6 Å². The van der Waals surface area contributed by atoms with Gasteiger partial charge in [-0.05, 0) is 72.6 Å². The molecule has 6 nitrogen and oxygen atoms in total. The number of benzene rings is 2. The molecule has 1 saturated heterocycles. The maximum absolute atomic E-state index is 13.6. The van der Waals surface area contributed by atoms with Gasteiger partial charge in [0.15, 0.2) is 5.78 Å². The van der Waals surface area contributed by atoms with Crippen molar-refractivity contribution in [2.75, 3.05) is 6.54 Å². The summed E-state index contributed by atoms with van der Waals surface area (Å²) in [5.41, 5.74) is 0.226. The van der Waals surface area contributed by atoms with Gasteiger partial charge < -0.3 is 0 Å². The molecule has 1 aliphatic heterocycles. The zero-order chi connectivity index (χ0) is 24.6. The van der Waals surface area contributed by atoms with E-state index in [1.165, 1.54) is 30.3 Å². The number of amides is 3. The monoisotopic (exact) mass is 512 g/mol. The highest BCUT2D eigenvalue weighted by Gasteiger charge is 2.68. The van der Waals surface area contributed by atoms with Gasteiger partial charge in [-0.3, -0.25) is 19.2 Å². The van der Waals surface area contributed by atoms with Gasteiger partial charge in [0.1, 0.15) is 12.4 Å². The molecule has 35 heavy (non-hydrogen) atoms. The molecule has 0 radical (unpaired) electrons. The van der Waals surface area contributed by atoms with Gasteiger partial charge in [-0.1, -0.05) is 35.4 Å². The van der Waals surface area contributed by atoms with Crippen molar-refractivity contribution in [3.05, 3.63) is 81.6 Å². The number of carbonyl (C=O) groups is 4. The number of hydrazine groups is 1. The third-order valence-electron chi connectivity index (χ3n) is 7.74. The fourth-order valence-electron chi connectivity index (χ4n) is 6.05. The Bertz CT molecular complexity index is 1290. The summed E-state index contributed by atoms with van der Waals surface area (Å²) in [6.07, 6.45) is 5.07. The summed E-state index contributed by atoms with van der Waals surface area (Å²) in [5, 5.41) is 2.12. The smallest absolute Gasteiger partial charge is 0.273 e. The molecular weight excluding hydrogens is 494 g/mol. The van der Waals surface area contributed by atoms with Gasteiger partial charge in [0.2, 0.25) is 0 Å². The van der Waals surface area contributed by atoms with E-state index in [-0.39, 0.29) is 33.0 Å². The van der Waals surface area contributed by atoms with Crippen LogP contribution in [0, 0.1) is 41.3 Å². The highest BCUT2D eigenvalue weighted by Crippen LogP contribution is 2.65. The van der Waals surface area contributed by atoms with Crippen molar-refractivity contribution in [3.8, 4) is 0 Å². The number of hydrogen-bond donors (Lipinski definition) is 0. The van der Waals surface area contributed by atoms with E-state index in [1.807, 2.05) is 12.2 Å². The van der Waals surface area contributed by atoms with Gasteiger partial charge >= 0.3 is 0 Å². The number of carbonyl (C=O) groups excluding carboxylic acids is 4. The van der Waals surface area contributed by atoms with Gasteiger partial charge in [-0.15, -0.1) is 0 Å². The summed E-state index contributed by atoms with van der Waals surface area (Å²) in [6.45, 7) is -0.572. The van der Waals surface area contributed by atoms with Crippen LogP contribution in [0.3, 0.4) is 0 Å². The first-order valence-corrected chi connectivity index (χ1v) is 12.1. The third-order valence-corrected chi connectivity index (χ3v) is 8.48. The number of imide groups is 1. The van der Waals surface area contributed by atoms with Crippen LogP contribution < -0.4 is 0 Å². The lowest BCUT2D eigenvalue weighted by Crippen LogP contribution is -2.52. The Hall–Kier alpha value is -3.03. The highest BCUT2D eigenvalue weighted by molar-refractivity contribution is 6.42. The minimum absolute atomic E-state index is 0.0359. The van der Waals surface area contributed by atoms with Crippen LogP contribution in [0.4, 0.5) is 4.39 Å². The van der Waals surface area contributed by atoms with Crippen molar-refractivity contribution in [2.45, 2.75) is 6.42 Å². The van der Waals surface area contributed by atoms with Crippen LogP contribution in [-0.4, -0.2) is 40.1 Å². The lowest BCUT2D eigenvalue weighted by molar-refractivity contribution is -0.154. The number of allylic oxidation sites excluding steroid dienone is 2. The van der Waals surface area contributed by atoms with Crippen LogP contribution >= 0.6 is 23.2 Å². The van der Waals surface area contributed by atoms with E-state index in [4.69, 9.17) is 23.2 Å². The Balaban J connectivity index is 1.37. The predicted molar refractivity (Wildman–Crippen MR) is 125 cm³/mol. The maximum atomic E-state index is 13.6. The number of nitrogens with zero attached hydrogens (tertiary/aromatic N) is 2. The Kier molecular flexibility index (Phi) is 5.13. The molecule has 0 N–H and O–H groups in total. The number of ketones is 1. The molecule has 0 unspecified atom stereocenters. The molecule has 2 bridgehead atoms. The van der Waals surface area contributed by atoms with Crippen molar-refractivity contribution >= 4 is 46.7 Å². The van der Waals surface area contributed by atoms with Crippen molar-refractivity contribution in [2.24, 2.45) is 35.5 Å². The highest BCUT2D eigenvalue weighted by atomic mass is 35.5. The lowest BCUT2D eigenvalue weighted by Gasteiger charge is -2.37. The minimum Gasteiger partial charge on any atom is -0.292 e. The summed E-state index contributed by atoms with van der Waals surface area (Å²) >= 11 is 12.1.